The lowest BCUT2D eigenvalue weighted by molar-refractivity contribution is 0.549. The number of hydrogen-bond donors (Lipinski definition) is 1. The second-order valence-corrected chi connectivity index (χ2v) is 9.45. The molecule has 2 atom stereocenters. The van der Waals surface area contributed by atoms with E-state index >= 15 is 0 Å². The molecule has 0 radical (unpaired) electrons. The van der Waals surface area contributed by atoms with Crippen LogP contribution in [-0.2, 0) is 9.84 Å². The van der Waals surface area contributed by atoms with Gasteiger partial charge in [-0.1, -0.05) is 0 Å². The number of H-pyrrole nitrogens is 1. The Kier molecular flexibility index (Phi) is 3.01. The van der Waals surface area contributed by atoms with Crippen LogP contribution in [0.5, 0.6) is 0 Å². The van der Waals surface area contributed by atoms with E-state index in [0.29, 0.717) is 5.75 Å². The van der Waals surface area contributed by atoms with Crippen molar-refractivity contribution < 1.29 is 8.42 Å². The molecule has 2 saturated carbocycles. The SMILES string of the molecule is O=S(=O)(C[C@H]1CC[C@H](c2nnc3cnc4[nH]ccc4n23)C1)C1CC1. The third kappa shape index (κ3) is 2.23. The largest absolute Gasteiger partial charge is 0.345 e. The number of fused-ring (bicyclic) bond motifs is 3. The van der Waals surface area contributed by atoms with Gasteiger partial charge in [-0.05, 0) is 44.1 Å². The Hall–Kier alpha value is -1.96. The van der Waals surface area contributed by atoms with Gasteiger partial charge < -0.3 is 4.98 Å². The van der Waals surface area contributed by atoms with Crippen LogP contribution in [0.4, 0.5) is 0 Å². The summed E-state index contributed by atoms with van der Waals surface area (Å²) in [6, 6.07) is 1.98. The second kappa shape index (κ2) is 5.02. The Balaban J connectivity index is 1.45. The van der Waals surface area contributed by atoms with Crippen molar-refractivity contribution in [2.24, 2.45) is 5.92 Å². The lowest BCUT2D eigenvalue weighted by Gasteiger charge is -2.11. The highest BCUT2D eigenvalue weighted by Gasteiger charge is 2.39. The standard InChI is InChI=1S/C16H19N5O2S/c22-24(23,12-3-4-12)9-10-1-2-11(7-10)16-20-19-14-8-18-15-13(21(14)16)5-6-17-15/h5-6,8,10-12,17H,1-4,7,9H2/t10-,11-/m0/s1. The molecule has 0 bridgehead atoms. The molecule has 7 nitrogen and oxygen atoms in total. The van der Waals surface area contributed by atoms with Crippen molar-refractivity contribution in [3.8, 4) is 0 Å². The van der Waals surface area contributed by atoms with Crippen molar-refractivity contribution in [3.05, 3.63) is 24.3 Å². The molecule has 0 spiro atoms. The molecular weight excluding hydrogens is 326 g/mol. The maximum Gasteiger partial charge on any atom is 0.179 e. The maximum absolute atomic E-state index is 12.2. The highest BCUT2D eigenvalue weighted by atomic mass is 32.2. The molecule has 5 rings (SSSR count). The molecule has 3 heterocycles. The molecule has 0 amide bonds. The summed E-state index contributed by atoms with van der Waals surface area (Å²) >= 11 is 0. The molecule has 0 saturated heterocycles. The highest BCUT2D eigenvalue weighted by molar-refractivity contribution is 7.92. The fourth-order valence-electron chi connectivity index (χ4n) is 4.02. The Morgan fingerprint density at radius 1 is 1.21 bits per heavy atom. The van der Waals surface area contributed by atoms with Crippen molar-refractivity contribution in [2.75, 3.05) is 5.75 Å². The molecule has 24 heavy (non-hydrogen) atoms. The summed E-state index contributed by atoms with van der Waals surface area (Å²) in [5.74, 6) is 1.78. The molecule has 0 unspecified atom stereocenters. The predicted molar refractivity (Wildman–Crippen MR) is 89.5 cm³/mol. The van der Waals surface area contributed by atoms with Gasteiger partial charge in [0, 0.05) is 12.1 Å². The Bertz CT molecular complexity index is 1020. The maximum atomic E-state index is 12.2. The van der Waals surface area contributed by atoms with Gasteiger partial charge in [-0.25, -0.2) is 13.4 Å². The van der Waals surface area contributed by atoms with Gasteiger partial charge in [0.05, 0.1) is 22.7 Å². The van der Waals surface area contributed by atoms with Gasteiger partial charge in [-0.3, -0.25) is 4.40 Å². The van der Waals surface area contributed by atoms with Crippen molar-refractivity contribution in [3.63, 3.8) is 0 Å². The lowest BCUT2D eigenvalue weighted by Crippen LogP contribution is -2.18. The number of aromatic nitrogens is 5. The van der Waals surface area contributed by atoms with E-state index in [0.717, 1.165) is 54.7 Å². The number of hydrogen-bond acceptors (Lipinski definition) is 5. The first kappa shape index (κ1) is 14.4. The van der Waals surface area contributed by atoms with Gasteiger partial charge in [-0.2, -0.15) is 0 Å². The van der Waals surface area contributed by atoms with E-state index in [1.165, 1.54) is 0 Å². The second-order valence-electron chi connectivity index (χ2n) is 7.13. The van der Waals surface area contributed by atoms with Crippen LogP contribution < -0.4 is 0 Å². The summed E-state index contributed by atoms with van der Waals surface area (Å²) in [5.41, 5.74) is 2.53. The average Bonchev–Trinajstić information content (AvgIpc) is 2.96. The van der Waals surface area contributed by atoms with Crippen molar-refractivity contribution in [2.45, 2.75) is 43.3 Å². The summed E-state index contributed by atoms with van der Waals surface area (Å²) in [5, 5.41) is 8.58. The normalized spacial score (nSPS) is 25.0. The minimum atomic E-state index is -2.89. The molecular formula is C16H19N5O2S. The van der Waals surface area contributed by atoms with Crippen LogP contribution in [0.25, 0.3) is 16.8 Å². The zero-order chi connectivity index (χ0) is 16.3. The van der Waals surface area contributed by atoms with Gasteiger partial charge in [0.25, 0.3) is 0 Å². The molecule has 2 fully saturated rings. The van der Waals surface area contributed by atoms with Gasteiger partial charge >= 0.3 is 0 Å². The van der Waals surface area contributed by atoms with E-state index in [2.05, 4.69) is 24.6 Å². The summed E-state index contributed by atoms with van der Waals surface area (Å²) in [6.07, 6.45) is 8.09. The Morgan fingerprint density at radius 3 is 2.92 bits per heavy atom. The number of nitrogens with one attached hydrogen (secondary N) is 1. The fourth-order valence-corrected chi connectivity index (χ4v) is 6.10. The molecule has 0 aliphatic heterocycles. The van der Waals surface area contributed by atoms with E-state index < -0.39 is 9.84 Å². The minimum Gasteiger partial charge on any atom is -0.345 e. The van der Waals surface area contributed by atoms with E-state index in [9.17, 15) is 8.42 Å². The summed E-state index contributed by atoms with van der Waals surface area (Å²) in [6.45, 7) is 0. The van der Waals surface area contributed by atoms with E-state index in [1.54, 1.807) is 6.20 Å². The number of nitrogens with zero attached hydrogens (tertiary/aromatic N) is 4. The van der Waals surface area contributed by atoms with Crippen LogP contribution in [-0.4, -0.2) is 44.0 Å². The lowest BCUT2D eigenvalue weighted by atomic mass is 10.1. The Labute approximate surface area is 139 Å². The minimum absolute atomic E-state index is 0.0592. The third-order valence-corrected chi connectivity index (χ3v) is 7.80. The van der Waals surface area contributed by atoms with Gasteiger partial charge in [0.15, 0.2) is 21.1 Å². The van der Waals surface area contributed by atoms with Crippen LogP contribution in [0.1, 0.15) is 43.8 Å². The average molecular weight is 345 g/mol. The first-order valence-corrected chi connectivity index (χ1v) is 10.2. The van der Waals surface area contributed by atoms with Crippen molar-refractivity contribution >= 4 is 26.6 Å². The molecule has 3 aromatic heterocycles. The highest BCUT2D eigenvalue weighted by Crippen LogP contribution is 2.40. The smallest absolute Gasteiger partial charge is 0.179 e. The topological polar surface area (TPSA) is 93.0 Å². The fraction of sp³-hybridized carbons (Fsp3) is 0.562. The molecule has 8 heteroatoms. The molecule has 2 aliphatic rings. The van der Waals surface area contributed by atoms with Crippen molar-refractivity contribution in [1.82, 2.24) is 24.6 Å². The van der Waals surface area contributed by atoms with Gasteiger partial charge in [0.2, 0.25) is 0 Å². The molecule has 2 aliphatic carbocycles. The van der Waals surface area contributed by atoms with E-state index in [4.69, 9.17) is 0 Å². The first-order chi connectivity index (χ1) is 11.6. The number of aromatic amines is 1. The van der Waals surface area contributed by atoms with Crippen LogP contribution in [0.15, 0.2) is 18.5 Å². The first-order valence-electron chi connectivity index (χ1n) is 8.50. The van der Waals surface area contributed by atoms with Gasteiger partial charge in [-0.15, -0.1) is 10.2 Å². The molecule has 126 valence electrons. The van der Waals surface area contributed by atoms with Crippen LogP contribution in [0.2, 0.25) is 0 Å². The Morgan fingerprint density at radius 2 is 2.08 bits per heavy atom. The van der Waals surface area contributed by atoms with Crippen LogP contribution in [0, 0.1) is 5.92 Å². The summed E-state index contributed by atoms with van der Waals surface area (Å²) < 4.78 is 26.6. The summed E-state index contributed by atoms with van der Waals surface area (Å²) in [4.78, 5) is 7.45. The number of sulfone groups is 1. The predicted octanol–water partition coefficient (Wildman–Crippen LogP) is 2.07. The number of rotatable bonds is 4. The van der Waals surface area contributed by atoms with Crippen LogP contribution >= 0.6 is 0 Å². The van der Waals surface area contributed by atoms with Crippen LogP contribution in [0.3, 0.4) is 0 Å². The monoisotopic (exact) mass is 345 g/mol. The quantitative estimate of drug-likeness (QED) is 0.781. The zero-order valence-corrected chi connectivity index (χ0v) is 14.0. The molecule has 0 aromatic carbocycles. The van der Waals surface area contributed by atoms with Gasteiger partial charge in [0.1, 0.15) is 5.82 Å². The van der Waals surface area contributed by atoms with E-state index in [-0.39, 0.29) is 17.1 Å². The zero-order valence-electron chi connectivity index (χ0n) is 13.2. The van der Waals surface area contributed by atoms with E-state index in [1.807, 2.05) is 12.3 Å². The molecule has 1 N–H and O–H groups in total. The van der Waals surface area contributed by atoms with Crippen molar-refractivity contribution in [1.29, 1.82) is 0 Å². The third-order valence-electron chi connectivity index (χ3n) is 5.37. The summed E-state index contributed by atoms with van der Waals surface area (Å²) in [7, 11) is -2.89. The molecule has 3 aromatic rings.